The van der Waals surface area contributed by atoms with E-state index < -0.39 is 26.5 Å². The Hall–Kier alpha value is -2.29. The van der Waals surface area contributed by atoms with Crippen LogP contribution in [0.15, 0.2) is 60.8 Å². The predicted molar refractivity (Wildman–Crippen MR) is 275 cm³/mol. The number of carbonyl (C=O) groups excluding carboxylic acids is 2. The standard InChI is InChI=1S/C55H100NO8P/c1-3-5-7-9-11-13-15-17-19-21-23-24-25-26-27-28-30-32-34-36-38-40-42-44-46-48-55(58)64-53(52-63-65(59,60)62-50-49-56)51-61-54(57)47-45-43-41-39-37-35-33-31-29-22-20-18-16-14-12-10-8-6-4-2/h12,14-15,17-18,20-21,23,25-26,53H,3-11,13,16,19,22,24,27-52,56H2,1-2H3,(H,59,60)/b14-12-,17-15-,20-18-,23-21-,26-25-. The van der Waals surface area contributed by atoms with Crippen molar-refractivity contribution in [3.63, 3.8) is 0 Å². The monoisotopic (exact) mass is 934 g/mol. The molecule has 65 heavy (non-hydrogen) atoms. The number of ether oxygens (including phenoxy) is 2. The maximum atomic E-state index is 12.7. The molecule has 2 unspecified atom stereocenters. The molecular formula is C55H100NO8P. The van der Waals surface area contributed by atoms with Crippen molar-refractivity contribution < 1.29 is 37.6 Å². The van der Waals surface area contributed by atoms with Crippen molar-refractivity contribution in [2.75, 3.05) is 26.4 Å². The van der Waals surface area contributed by atoms with Gasteiger partial charge < -0.3 is 20.1 Å². The molecule has 0 saturated heterocycles. The number of hydrogen-bond acceptors (Lipinski definition) is 8. The summed E-state index contributed by atoms with van der Waals surface area (Å²) in [7, 11) is -4.39. The second-order valence-electron chi connectivity index (χ2n) is 17.7. The summed E-state index contributed by atoms with van der Waals surface area (Å²) in [6.45, 7) is 3.71. The summed E-state index contributed by atoms with van der Waals surface area (Å²) < 4.78 is 33.0. The number of rotatable bonds is 50. The van der Waals surface area contributed by atoms with E-state index in [1.807, 2.05) is 0 Å². The maximum Gasteiger partial charge on any atom is 0.472 e. The Labute approximate surface area is 399 Å². The van der Waals surface area contributed by atoms with E-state index in [0.29, 0.717) is 6.42 Å². The summed E-state index contributed by atoms with van der Waals surface area (Å²) in [4.78, 5) is 35.1. The molecule has 0 spiro atoms. The first-order valence-corrected chi connectivity index (χ1v) is 28.3. The molecule has 0 aromatic rings. The van der Waals surface area contributed by atoms with Gasteiger partial charge in [0.15, 0.2) is 6.10 Å². The summed E-state index contributed by atoms with van der Waals surface area (Å²) in [6, 6.07) is 0. The molecule has 0 aliphatic carbocycles. The van der Waals surface area contributed by atoms with E-state index in [1.165, 1.54) is 141 Å². The molecule has 10 heteroatoms. The normalized spacial score (nSPS) is 13.6. The fourth-order valence-corrected chi connectivity index (χ4v) is 8.14. The van der Waals surface area contributed by atoms with Gasteiger partial charge in [-0.05, 0) is 83.5 Å². The lowest BCUT2D eigenvalue weighted by Crippen LogP contribution is -2.29. The molecular weight excluding hydrogens is 834 g/mol. The molecule has 0 aromatic carbocycles. The predicted octanol–water partition coefficient (Wildman–Crippen LogP) is 16.4. The molecule has 0 radical (unpaired) electrons. The van der Waals surface area contributed by atoms with Gasteiger partial charge in [0.05, 0.1) is 13.2 Å². The third-order valence-electron chi connectivity index (χ3n) is 11.4. The Kier molecular flexibility index (Phi) is 49.3. The first kappa shape index (κ1) is 62.7. The van der Waals surface area contributed by atoms with Crippen LogP contribution in [-0.2, 0) is 32.7 Å². The minimum atomic E-state index is -4.39. The molecule has 0 aliphatic rings. The van der Waals surface area contributed by atoms with Crippen molar-refractivity contribution in [3.05, 3.63) is 60.8 Å². The third-order valence-corrected chi connectivity index (χ3v) is 12.4. The van der Waals surface area contributed by atoms with Crippen LogP contribution in [0.5, 0.6) is 0 Å². The highest BCUT2D eigenvalue weighted by Gasteiger charge is 2.26. The van der Waals surface area contributed by atoms with Gasteiger partial charge in [-0.15, -0.1) is 0 Å². The minimum absolute atomic E-state index is 0.0503. The third kappa shape index (κ3) is 51.0. The van der Waals surface area contributed by atoms with E-state index in [0.717, 1.165) is 70.6 Å². The van der Waals surface area contributed by atoms with E-state index in [2.05, 4.69) is 74.6 Å². The van der Waals surface area contributed by atoms with Crippen LogP contribution >= 0.6 is 7.82 Å². The zero-order chi connectivity index (χ0) is 47.4. The van der Waals surface area contributed by atoms with Crippen molar-refractivity contribution in [2.45, 2.75) is 251 Å². The average Bonchev–Trinajstić information content (AvgIpc) is 3.30. The summed E-state index contributed by atoms with van der Waals surface area (Å²) >= 11 is 0. The van der Waals surface area contributed by atoms with Gasteiger partial charge in [0.2, 0.25) is 0 Å². The Bertz CT molecular complexity index is 1250. The first-order valence-electron chi connectivity index (χ1n) is 26.8. The second kappa shape index (κ2) is 51.1. The summed E-state index contributed by atoms with van der Waals surface area (Å²) in [5.74, 6) is -0.834. The number of hydrogen-bond donors (Lipinski definition) is 2. The van der Waals surface area contributed by atoms with Gasteiger partial charge in [-0.1, -0.05) is 209 Å². The smallest absolute Gasteiger partial charge is 0.462 e. The highest BCUT2D eigenvalue weighted by atomic mass is 31.2. The molecule has 0 aliphatic heterocycles. The zero-order valence-corrected chi connectivity index (χ0v) is 42.9. The molecule has 0 amide bonds. The highest BCUT2D eigenvalue weighted by Crippen LogP contribution is 2.43. The van der Waals surface area contributed by atoms with Crippen molar-refractivity contribution in [1.82, 2.24) is 0 Å². The molecule has 0 rings (SSSR count). The minimum Gasteiger partial charge on any atom is -0.462 e. The fourth-order valence-electron chi connectivity index (χ4n) is 7.38. The van der Waals surface area contributed by atoms with E-state index in [4.69, 9.17) is 24.3 Å². The van der Waals surface area contributed by atoms with Gasteiger partial charge >= 0.3 is 19.8 Å². The SMILES string of the molecule is CCCCC/C=C\C/C=C\CCCCCCCCCCCC(=O)OCC(COP(=O)(O)OCCN)OC(=O)CCCCCCCCCCCC/C=C\C/C=C\C/C=C\CCCCCCC. The molecule has 3 N–H and O–H groups in total. The van der Waals surface area contributed by atoms with Gasteiger partial charge in [-0.25, -0.2) is 4.57 Å². The number of unbranched alkanes of at least 4 members (excludes halogenated alkanes) is 27. The quantitative estimate of drug-likeness (QED) is 0.0265. The molecule has 0 bridgehead atoms. The van der Waals surface area contributed by atoms with E-state index in [1.54, 1.807) is 0 Å². The number of phosphoric acid groups is 1. The van der Waals surface area contributed by atoms with Crippen molar-refractivity contribution in [2.24, 2.45) is 5.73 Å². The van der Waals surface area contributed by atoms with Crippen molar-refractivity contribution in [3.8, 4) is 0 Å². The average molecular weight is 934 g/mol. The number of esters is 2. The first-order chi connectivity index (χ1) is 31.8. The van der Waals surface area contributed by atoms with Gasteiger partial charge in [0, 0.05) is 19.4 Å². The number of allylic oxidation sites excluding steroid dienone is 10. The molecule has 0 aromatic heterocycles. The molecule has 9 nitrogen and oxygen atoms in total. The van der Waals surface area contributed by atoms with Crippen molar-refractivity contribution in [1.29, 1.82) is 0 Å². The Morgan fingerprint density at radius 3 is 1.22 bits per heavy atom. The van der Waals surface area contributed by atoms with Gasteiger partial charge in [-0.3, -0.25) is 18.6 Å². The van der Waals surface area contributed by atoms with Gasteiger partial charge in [-0.2, -0.15) is 0 Å². The molecule has 0 saturated carbocycles. The summed E-state index contributed by atoms with van der Waals surface area (Å²) in [6.07, 6.45) is 62.5. The molecule has 2 atom stereocenters. The Morgan fingerprint density at radius 1 is 0.462 bits per heavy atom. The van der Waals surface area contributed by atoms with Crippen molar-refractivity contribution >= 4 is 19.8 Å². The summed E-state index contributed by atoms with van der Waals surface area (Å²) in [5.41, 5.74) is 5.37. The molecule has 0 heterocycles. The van der Waals surface area contributed by atoms with E-state index in [-0.39, 0.29) is 38.6 Å². The Morgan fingerprint density at radius 2 is 0.800 bits per heavy atom. The maximum absolute atomic E-state index is 12.7. The fraction of sp³-hybridized carbons (Fsp3) is 0.782. The van der Waals surface area contributed by atoms with E-state index >= 15 is 0 Å². The molecule has 0 fully saturated rings. The Balaban J connectivity index is 4.04. The van der Waals surface area contributed by atoms with Gasteiger partial charge in [0.25, 0.3) is 0 Å². The van der Waals surface area contributed by atoms with Crippen LogP contribution in [0, 0.1) is 0 Å². The lowest BCUT2D eigenvalue weighted by molar-refractivity contribution is -0.161. The number of carbonyl (C=O) groups is 2. The topological polar surface area (TPSA) is 134 Å². The van der Waals surface area contributed by atoms with Crippen LogP contribution < -0.4 is 5.73 Å². The highest BCUT2D eigenvalue weighted by molar-refractivity contribution is 7.47. The largest absolute Gasteiger partial charge is 0.472 e. The molecule has 378 valence electrons. The second-order valence-corrected chi connectivity index (χ2v) is 19.2. The van der Waals surface area contributed by atoms with Gasteiger partial charge in [0.1, 0.15) is 6.61 Å². The van der Waals surface area contributed by atoms with E-state index in [9.17, 15) is 19.0 Å². The van der Waals surface area contributed by atoms with Crippen LogP contribution in [0.2, 0.25) is 0 Å². The van der Waals surface area contributed by atoms with Crippen LogP contribution in [0.3, 0.4) is 0 Å². The lowest BCUT2D eigenvalue weighted by atomic mass is 10.0. The van der Waals surface area contributed by atoms with Crippen LogP contribution in [0.4, 0.5) is 0 Å². The van der Waals surface area contributed by atoms with Crippen LogP contribution in [0.25, 0.3) is 0 Å². The zero-order valence-electron chi connectivity index (χ0n) is 42.0. The van der Waals surface area contributed by atoms with Crippen LogP contribution in [0.1, 0.15) is 245 Å². The lowest BCUT2D eigenvalue weighted by Gasteiger charge is -2.19. The number of phosphoric ester groups is 1. The van der Waals surface area contributed by atoms with Crippen LogP contribution in [-0.4, -0.2) is 49.3 Å². The summed E-state index contributed by atoms with van der Waals surface area (Å²) in [5, 5.41) is 0. The number of nitrogens with two attached hydrogens (primary N) is 1.